The third-order valence-electron chi connectivity index (χ3n) is 4.78. The summed E-state index contributed by atoms with van der Waals surface area (Å²) in [5, 5.41) is 5.35. The molecular formula is C26H31N3O4. The largest absolute Gasteiger partial charge is 0.444 e. The highest BCUT2D eigenvalue weighted by atomic mass is 16.6. The summed E-state index contributed by atoms with van der Waals surface area (Å²) in [6.07, 6.45) is 4.96. The van der Waals surface area contributed by atoms with Crippen molar-refractivity contribution in [3.8, 4) is 12.5 Å². The molecule has 0 radical (unpaired) electrons. The molecule has 7 heteroatoms. The molecule has 0 spiro atoms. The zero-order chi connectivity index (χ0) is 24.6. The third-order valence-corrected chi connectivity index (χ3v) is 4.78. The van der Waals surface area contributed by atoms with E-state index in [2.05, 4.69) is 16.7 Å². The monoisotopic (exact) mass is 449 g/mol. The van der Waals surface area contributed by atoms with E-state index >= 15 is 0 Å². The quantitative estimate of drug-likeness (QED) is 0.499. The maximum Gasteiger partial charge on any atom is 0.408 e. The van der Waals surface area contributed by atoms with Crippen LogP contribution in [0.15, 0.2) is 54.6 Å². The molecule has 0 aromatic heterocycles. The van der Waals surface area contributed by atoms with Crippen molar-refractivity contribution < 1.29 is 19.1 Å². The van der Waals surface area contributed by atoms with Gasteiger partial charge in [0, 0.05) is 12.6 Å². The van der Waals surface area contributed by atoms with E-state index < -0.39 is 35.6 Å². The topological polar surface area (TPSA) is 87.7 Å². The fourth-order valence-corrected chi connectivity index (χ4v) is 3.19. The molecule has 0 heterocycles. The number of ether oxygens (including phenoxy) is 1. The van der Waals surface area contributed by atoms with Crippen molar-refractivity contribution in [2.75, 3.05) is 0 Å². The number of aryl methyl sites for hydroxylation is 1. The van der Waals surface area contributed by atoms with Gasteiger partial charge in [-0.3, -0.25) is 14.5 Å². The Morgan fingerprint density at radius 2 is 1.67 bits per heavy atom. The summed E-state index contributed by atoms with van der Waals surface area (Å²) < 4.78 is 5.22. The molecule has 0 saturated heterocycles. The zero-order valence-corrected chi connectivity index (χ0v) is 19.7. The van der Waals surface area contributed by atoms with Crippen LogP contribution in [0.25, 0.3) is 0 Å². The number of terminal acetylenes is 1. The minimum absolute atomic E-state index is 0.278. The summed E-state index contributed by atoms with van der Waals surface area (Å²) in [4.78, 5) is 39.7. The Labute approximate surface area is 195 Å². The van der Waals surface area contributed by atoms with E-state index in [0.29, 0.717) is 5.56 Å². The average Bonchev–Trinajstić information content (AvgIpc) is 2.75. The molecule has 3 amide bonds. The fourth-order valence-electron chi connectivity index (χ4n) is 3.19. The summed E-state index contributed by atoms with van der Waals surface area (Å²) in [5.74, 6) is -1.03. The van der Waals surface area contributed by atoms with Crippen LogP contribution in [0.5, 0.6) is 0 Å². The number of alkyl carbamates (subject to hydrolysis) is 1. The second-order valence-corrected chi connectivity index (χ2v) is 8.67. The van der Waals surface area contributed by atoms with E-state index in [0.717, 1.165) is 16.0 Å². The van der Waals surface area contributed by atoms with Crippen molar-refractivity contribution in [2.45, 2.75) is 58.8 Å². The standard InChI is InChI=1S/C26H31N3O4/c1-7-29(24(31)19(3)28-25(32)33-26(4,5)6)22(21-16-12-11-13-18(21)2)23(30)27-17-20-14-9-8-10-15-20/h1,8-16,19,22H,17H2,2-6H3,(H,27,30)(H,28,32). The van der Waals surface area contributed by atoms with Crippen LogP contribution in [0.4, 0.5) is 4.79 Å². The average molecular weight is 450 g/mol. The van der Waals surface area contributed by atoms with Crippen molar-refractivity contribution in [1.82, 2.24) is 15.5 Å². The van der Waals surface area contributed by atoms with E-state index in [-0.39, 0.29) is 6.54 Å². The van der Waals surface area contributed by atoms with Crippen molar-refractivity contribution in [3.63, 3.8) is 0 Å². The first-order valence-electron chi connectivity index (χ1n) is 10.7. The van der Waals surface area contributed by atoms with Crippen LogP contribution >= 0.6 is 0 Å². The molecule has 2 rings (SSSR count). The van der Waals surface area contributed by atoms with E-state index in [1.807, 2.05) is 49.4 Å². The zero-order valence-electron chi connectivity index (χ0n) is 19.7. The highest BCUT2D eigenvalue weighted by Gasteiger charge is 2.34. The van der Waals surface area contributed by atoms with Gasteiger partial charge in [0.05, 0.1) is 0 Å². The van der Waals surface area contributed by atoms with Gasteiger partial charge < -0.3 is 15.4 Å². The first kappa shape index (κ1) is 25.5. The molecule has 2 N–H and O–H groups in total. The number of rotatable bonds is 7. The van der Waals surface area contributed by atoms with Crippen LogP contribution in [0.1, 0.15) is 50.4 Å². The lowest BCUT2D eigenvalue weighted by molar-refractivity contribution is -0.138. The summed E-state index contributed by atoms with van der Waals surface area (Å²) in [6, 6.07) is 16.9. The Morgan fingerprint density at radius 3 is 2.24 bits per heavy atom. The van der Waals surface area contributed by atoms with Crippen molar-refractivity contribution in [3.05, 3.63) is 71.3 Å². The van der Waals surface area contributed by atoms with Gasteiger partial charge in [-0.25, -0.2) is 4.79 Å². The number of carbonyl (C=O) groups is 3. The molecule has 0 aliphatic rings. The summed E-state index contributed by atoms with van der Waals surface area (Å²) in [5.41, 5.74) is 1.59. The molecule has 2 aromatic carbocycles. The van der Waals surface area contributed by atoms with Gasteiger partial charge in [-0.15, -0.1) is 0 Å². The normalized spacial score (nSPS) is 12.6. The van der Waals surface area contributed by atoms with E-state index in [1.54, 1.807) is 32.9 Å². The fraction of sp³-hybridized carbons (Fsp3) is 0.346. The lowest BCUT2D eigenvalue weighted by Gasteiger charge is -2.30. The van der Waals surface area contributed by atoms with Crippen LogP contribution < -0.4 is 10.6 Å². The lowest BCUT2D eigenvalue weighted by Crippen LogP contribution is -2.50. The molecule has 0 bridgehead atoms. The maximum atomic E-state index is 13.3. The van der Waals surface area contributed by atoms with Crippen LogP contribution in [0.3, 0.4) is 0 Å². The smallest absolute Gasteiger partial charge is 0.408 e. The third kappa shape index (κ3) is 7.39. The predicted octanol–water partition coefficient (Wildman–Crippen LogP) is 3.69. The second-order valence-electron chi connectivity index (χ2n) is 8.67. The van der Waals surface area contributed by atoms with E-state index in [9.17, 15) is 14.4 Å². The molecule has 2 aromatic rings. The van der Waals surface area contributed by atoms with Gasteiger partial charge >= 0.3 is 6.09 Å². The van der Waals surface area contributed by atoms with Gasteiger partial charge in [-0.1, -0.05) is 61.0 Å². The Kier molecular flexibility index (Phi) is 8.63. The summed E-state index contributed by atoms with van der Waals surface area (Å²) in [6.45, 7) is 8.77. The second kappa shape index (κ2) is 11.2. The van der Waals surface area contributed by atoms with E-state index in [4.69, 9.17) is 11.2 Å². The maximum absolute atomic E-state index is 13.3. The van der Waals surface area contributed by atoms with Gasteiger partial charge in [-0.05, 0) is 51.3 Å². The number of carbonyl (C=O) groups excluding carboxylic acids is 3. The van der Waals surface area contributed by atoms with E-state index in [1.165, 1.54) is 6.92 Å². The van der Waals surface area contributed by atoms with Crippen LogP contribution in [-0.2, 0) is 20.9 Å². The highest BCUT2D eigenvalue weighted by molar-refractivity contribution is 5.93. The van der Waals surface area contributed by atoms with Gasteiger partial charge in [0.25, 0.3) is 5.91 Å². The van der Waals surface area contributed by atoms with Crippen molar-refractivity contribution in [2.24, 2.45) is 0 Å². The predicted molar refractivity (Wildman–Crippen MR) is 127 cm³/mol. The number of hydrogen-bond donors (Lipinski definition) is 2. The Morgan fingerprint density at radius 1 is 1.06 bits per heavy atom. The molecule has 7 nitrogen and oxygen atoms in total. The highest BCUT2D eigenvalue weighted by Crippen LogP contribution is 2.25. The first-order chi connectivity index (χ1) is 15.5. The number of nitrogens with zero attached hydrogens (tertiary/aromatic N) is 1. The molecule has 0 aliphatic heterocycles. The molecule has 0 aliphatic carbocycles. The van der Waals surface area contributed by atoms with Crippen LogP contribution in [0, 0.1) is 19.4 Å². The minimum atomic E-state index is -1.07. The molecular weight excluding hydrogens is 418 g/mol. The Hall–Kier alpha value is -3.79. The van der Waals surface area contributed by atoms with Gasteiger partial charge in [0.2, 0.25) is 5.91 Å². The van der Waals surface area contributed by atoms with Gasteiger partial charge in [0.15, 0.2) is 0 Å². The SMILES string of the molecule is C#CN(C(=O)C(C)NC(=O)OC(C)(C)C)C(C(=O)NCc1ccccc1)c1ccccc1C. The Bertz CT molecular complexity index is 1020. The molecule has 2 unspecified atom stereocenters. The van der Waals surface area contributed by atoms with Crippen LogP contribution in [-0.4, -0.2) is 34.5 Å². The molecule has 0 saturated carbocycles. The summed E-state index contributed by atoms with van der Waals surface area (Å²) in [7, 11) is 0. The van der Waals surface area contributed by atoms with Gasteiger partial charge in [-0.2, -0.15) is 0 Å². The first-order valence-corrected chi connectivity index (χ1v) is 10.7. The van der Waals surface area contributed by atoms with Crippen molar-refractivity contribution >= 4 is 17.9 Å². The lowest BCUT2D eigenvalue weighted by atomic mass is 9.98. The number of benzene rings is 2. The molecule has 174 valence electrons. The number of nitrogens with one attached hydrogen (secondary N) is 2. The van der Waals surface area contributed by atoms with Crippen LogP contribution in [0.2, 0.25) is 0 Å². The molecule has 33 heavy (non-hydrogen) atoms. The molecule has 2 atom stereocenters. The summed E-state index contributed by atoms with van der Waals surface area (Å²) >= 11 is 0. The van der Waals surface area contributed by atoms with Crippen molar-refractivity contribution in [1.29, 1.82) is 0 Å². The number of hydrogen-bond acceptors (Lipinski definition) is 4. The van der Waals surface area contributed by atoms with Gasteiger partial charge in [0.1, 0.15) is 17.7 Å². The molecule has 0 fully saturated rings. The minimum Gasteiger partial charge on any atom is -0.444 e. The number of amides is 3. The Balaban J connectivity index is 2.28.